The number of hydrogen-bond donors (Lipinski definition) is 0. The van der Waals surface area contributed by atoms with Crippen LogP contribution in [0.25, 0.3) is 0 Å². The molecule has 0 bridgehead atoms. The van der Waals surface area contributed by atoms with E-state index >= 15 is 0 Å². The highest BCUT2D eigenvalue weighted by Crippen LogP contribution is 2.37. The van der Waals surface area contributed by atoms with Gasteiger partial charge in [-0.15, -0.1) is 0 Å². The van der Waals surface area contributed by atoms with Crippen LogP contribution in [0.1, 0.15) is 29.2 Å². The van der Waals surface area contributed by atoms with E-state index < -0.39 is 21.9 Å². The van der Waals surface area contributed by atoms with Gasteiger partial charge >= 0.3 is 0 Å². The molecule has 0 N–H and O–H groups in total. The molecule has 0 aromatic heterocycles. The Morgan fingerprint density at radius 2 is 1.68 bits per heavy atom. The first-order valence-electron chi connectivity index (χ1n) is 8.94. The topological polar surface area (TPSA) is 49.7 Å². The van der Waals surface area contributed by atoms with Crippen molar-refractivity contribution in [1.82, 2.24) is 4.41 Å². The highest BCUT2D eigenvalue weighted by molar-refractivity contribution is 7.89. The SMILES string of the molecule is Cc1ccc(S(=O)(=O)N2N=C(c3ccccc3)CC2c2cccc(F)c2)cc1. The highest BCUT2D eigenvalue weighted by Gasteiger charge is 2.37. The van der Waals surface area contributed by atoms with Crippen LogP contribution in [0.5, 0.6) is 0 Å². The van der Waals surface area contributed by atoms with E-state index in [0.29, 0.717) is 17.7 Å². The van der Waals surface area contributed by atoms with Crippen LogP contribution in [0.3, 0.4) is 0 Å². The van der Waals surface area contributed by atoms with E-state index in [2.05, 4.69) is 5.10 Å². The summed E-state index contributed by atoms with van der Waals surface area (Å²) in [6, 6.07) is 21.5. The van der Waals surface area contributed by atoms with Gasteiger partial charge in [0, 0.05) is 6.42 Å². The first-order valence-corrected chi connectivity index (χ1v) is 10.4. The van der Waals surface area contributed by atoms with Crippen LogP contribution in [0.2, 0.25) is 0 Å². The van der Waals surface area contributed by atoms with Gasteiger partial charge in [0.1, 0.15) is 5.82 Å². The predicted octanol–water partition coefficient (Wildman–Crippen LogP) is 4.67. The van der Waals surface area contributed by atoms with Crippen molar-refractivity contribution < 1.29 is 12.8 Å². The average molecular weight is 394 g/mol. The number of aryl methyl sites for hydroxylation is 1. The van der Waals surface area contributed by atoms with Crippen molar-refractivity contribution in [1.29, 1.82) is 0 Å². The monoisotopic (exact) mass is 394 g/mol. The van der Waals surface area contributed by atoms with Crippen LogP contribution in [0, 0.1) is 12.7 Å². The Balaban J connectivity index is 1.81. The van der Waals surface area contributed by atoms with Gasteiger partial charge in [0.2, 0.25) is 0 Å². The summed E-state index contributed by atoms with van der Waals surface area (Å²) in [4.78, 5) is 0.164. The smallest absolute Gasteiger partial charge is 0.207 e. The molecule has 1 heterocycles. The Morgan fingerprint density at radius 1 is 0.964 bits per heavy atom. The van der Waals surface area contributed by atoms with Gasteiger partial charge in [0.15, 0.2) is 0 Å². The summed E-state index contributed by atoms with van der Waals surface area (Å²) in [5, 5.41) is 4.46. The number of benzene rings is 3. The Kier molecular flexibility index (Phi) is 4.73. The Bertz CT molecular complexity index is 1130. The number of hydrogen-bond acceptors (Lipinski definition) is 3. The summed E-state index contributed by atoms with van der Waals surface area (Å²) in [6.07, 6.45) is 0.374. The minimum absolute atomic E-state index is 0.164. The standard InChI is InChI=1S/C22H19FN2O2S/c1-16-10-12-20(13-11-16)28(26,27)25-22(18-8-5-9-19(23)14-18)15-21(24-25)17-6-3-2-4-7-17/h2-14,22H,15H2,1H3. The molecule has 4 nitrogen and oxygen atoms in total. The van der Waals surface area contributed by atoms with Crippen molar-refractivity contribution in [2.75, 3.05) is 0 Å². The molecule has 28 heavy (non-hydrogen) atoms. The molecule has 4 rings (SSSR count). The largest absolute Gasteiger partial charge is 0.279 e. The Labute approximate surface area is 164 Å². The van der Waals surface area contributed by atoms with E-state index in [9.17, 15) is 12.8 Å². The minimum Gasteiger partial charge on any atom is -0.207 e. The molecule has 142 valence electrons. The number of sulfonamides is 1. The molecule has 3 aromatic carbocycles. The second kappa shape index (κ2) is 7.20. The van der Waals surface area contributed by atoms with Crippen molar-refractivity contribution in [3.63, 3.8) is 0 Å². The summed E-state index contributed by atoms with van der Waals surface area (Å²) < 4.78 is 41.6. The number of hydrazone groups is 1. The maximum Gasteiger partial charge on any atom is 0.279 e. The van der Waals surface area contributed by atoms with Crippen molar-refractivity contribution in [2.45, 2.75) is 24.3 Å². The summed E-state index contributed by atoms with van der Waals surface area (Å²) >= 11 is 0. The summed E-state index contributed by atoms with van der Waals surface area (Å²) in [7, 11) is -3.88. The second-order valence-corrected chi connectivity index (χ2v) is 8.57. The molecule has 0 amide bonds. The molecule has 1 aliphatic heterocycles. The molecule has 6 heteroatoms. The van der Waals surface area contributed by atoms with E-state index in [1.165, 1.54) is 12.1 Å². The number of halogens is 1. The molecule has 0 saturated carbocycles. The summed E-state index contributed by atoms with van der Waals surface area (Å²) in [6.45, 7) is 1.90. The lowest BCUT2D eigenvalue weighted by Gasteiger charge is -2.23. The fourth-order valence-electron chi connectivity index (χ4n) is 3.30. The summed E-state index contributed by atoms with van der Waals surface area (Å²) in [5.41, 5.74) is 3.05. The molecule has 1 unspecified atom stereocenters. The lowest BCUT2D eigenvalue weighted by molar-refractivity contribution is 0.370. The highest BCUT2D eigenvalue weighted by atomic mass is 32.2. The molecular formula is C22H19FN2O2S. The maximum atomic E-state index is 13.8. The number of nitrogens with zero attached hydrogens (tertiary/aromatic N) is 2. The van der Waals surface area contributed by atoms with E-state index in [1.807, 2.05) is 37.3 Å². The molecule has 0 saturated heterocycles. The van der Waals surface area contributed by atoms with Gasteiger partial charge in [-0.25, -0.2) is 4.39 Å². The van der Waals surface area contributed by atoms with E-state index in [4.69, 9.17) is 0 Å². The Hall–Kier alpha value is -2.99. The predicted molar refractivity (Wildman–Crippen MR) is 107 cm³/mol. The van der Waals surface area contributed by atoms with Crippen LogP contribution in [0.15, 0.2) is 88.9 Å². The zero-order chi connectivity index (χ0) is 19.7. The van der Waals surface area contributed by atoms with E-state index in [0.717, 1.165) is 15.5 Å². The normalized spacial score (nSPS) is 16.9. The van der Waals surface area contributed by atoms with Gasteiger partial charge in [-0.3, -0.25) is 0 Å². The molecular weight excluding hydrogens is 375 g/mol. The molecule has 1 atom stereocenters. The third-order valence-corrected chi connectivity index (χ3v) is 6.47. The zero-order valence-electron chi connectivity index (χ0n) is 15.3. The minimum atomic E-state index is -3.88. The fraction of sp³-hybridized carbons (Fsp3) is 0.136. The van der Waals surface area contributed by atoms with E-state index in [1.54, 1.807) is 36.4 Å². The third-order valence-electron chi connectivity index (χ3n) is 4.78. The zero-order valence-corrected chi connectivity index (χ0v) is 16.1. The van der Waals surface area contributed by atoms with Gasteiger partial charge in [-0.1, -0.05) is 60.2 Å². The van der Waals surface area contributed by atoms with Crippen molar-refractivity contribution in [2.24, 2.45) is 5.10 Å². The maximum absolute atomic E-state index is 13.8. The lowest BCUT2D eigenvalue weighted by Crippen LogP contribution is -2.27. The molecule has 0 aliphatic carbocycles. The van der Waals surface area contributed by atoms with Crippen LogP contribution in [0.4, 0.5) is 4.39 Å². The molecule has 0 radical (unpaired) electrons. The average Bonchev–Trinajstić information content (AvgIpc) is 3.15. The quantitative estimate of drug-likeness (QED) is 0.645. The lowest BCUT2D eigenvalue weighted by atomic mass is 9.99. The van der Waals surface area contributed by atoms with Crippen LogP contribution < -0.4 is 0 Å². The second-order valence-electron chi connectivity index (χ2n) is 6.78. The van der Waals surface area contributed by atoms with Crippen molar-refractivity contribution in [3.8, 4) is 0 Å². The van der Waals surface area contributed by atoms with Gasteiger partial charge < -0.3 is 0 Å². The third kappa shape index (κ3) is 3.43. The van der Waals surface area contributed by atoms with Crippen LogP contribution >= 0.6 is 0 Å². The van der Waals surface area contributed by atoms with Crippen LogP contribution in [-0.2, 0) is 10.0 Å². The molecule has 3 aromatic rings. The van der Waals surface area contributed by atoms with Gasteiger partial charge in [-0.05, 0) is 42.3 Å². The fourth-order valence-corrected chi connectivity index (χ4v) is 4.73. The van der Waals surface area contributed by atoms with E-state index in [-0.39, 0.29) is 4.90 Å². The first kappa shape index (κ1) is 18.4. The van der Waals surface area contributed by atoms with Gasteiger partial charge in [0.05, 0.1) is 16.6 Å². The molecule has 0 fully saturated rings. The number of rotatable bonds is 4. The summed E-state index contributed by atoms with van der Waals surface area (Å²) in [5.74, 6) is -0.404. The Morgan fingerprint density at radius 3 is 2.36 bits per heavy atom. The van der Waals surface area contributed by atoms with Gasteiger partial charge in [0.25, 0.3) is 10.0 Å². The molecule has 1 aliphatic rings. The van der Waals surface area contributed by atoms with Crippen LogP contribution in [-0.4, -0.2) is 18.5 Å². The van der Waals surface area contributed by atoms with Crippen molar-refractivity contribution in [3.05, 3.63) is 101 Å². The molecule has 0 spiro atoms. The van der Waals surface area contributed by atoms with Gasteiger partial charge in [-0.2, -0.15) is 17.9 Å². The van der Waals surface area contributed by atoms with Crippen molar-refractivity contribution >= 4 is 15.7 Å². The first-order chi connectivity index (χ1) is 13.4.